The molecule has 0 radical (unpaired) electrons. The summed E-state index contributed by atoms with van der Waals surface area (Å²) < 4.78 is 27.2. The Morgan fingerprint density at radius 3 is 2.48 bits per heavy atom. The van der Waals surface area contributed by atoms with Gasteiger partial charge in [0.25, 0.3) is 0 Å². The molecule has 2 amide bonds. The molecule has 0 aromatic heterocycles. The summed E-state index contributed by atoms with van der Waals surface area (Å²) >= 11 is 0. The molecule has 1 aliphatic heterocycles. The van der Waals surface area contributed by atoms with E-state index in [0.29, 0.717) is 31.0 Å². The maximum absolute atomic E-state index is 12.9. The summed E-state index contributed by atoms with van der Waals surface area (Å²) in [6.07, 6.45) is 3.38. The molecule has 2 N–H and O–H groups in total. The van der Waals surface area contributed by atoms with Crippen LogP contribution in [-0.2, 0) is 27.7 Å². The van der Waals surface area contributed by atoms with Crippen LogP contribution >= 0.6 is 0 Å². The molecule has 8 nitrogen and oxygen atoms in total. The molecule has 1 saturated heterocycles. The molecule has 3 rings (SSSR count). The van der Waals surface area contributed by atoms with E-state index in [1.165, 1.54) is 9.87 Å². The van der Waals surface area contributed by atoms with Crippen LogP contribution in [0.15, 0.2) is 23.1 Å². The second kappa shape index (κ2) is 8.26. The first kappa shape index (κ1) is 19.6. The second-order valence-corrected chi connectivity index (χ2v) is 8.84. The van der Waals surface area contributed by atoms with Crippen molar-refractivity contribution in [3.63, 3.8) is 0 Å². The minimum Gasteiger partial charge on any atom is -0.481 e. The third-order valence-corrected chi connectivity index (χ3v) is 6.97. The quantitative estimate of drug-likeness (QED) is 0.701. The number of nitrogens with one attached hydrogen (secondary N) is 1. The number of piperazine rings is 1. The van der Waals surface area contributed by atoms with E-state index in [9.17, 15) is 18.0 Å². The van der Waals surface area contributed by atoms with E-state index >= 15 is 0 Å². The molecule has 0 unspecified atom stereocenters. The number of rotatable bonds is 6. The van der Waals surface area contributed by atoms with Gasteiger partial charge in [-0.1, -0.05) is 6.07 Å². The van der Waals surface area contributed by atoms with Gasteiger partial charge in [0.05, 0.1) is 4.90 Å². The van der Waals surface area contributed by atoms with Gasteiger partial charge >= 0.3 is 12.0 Å². The zero-order valence-electron chi connectivity index (χ0n) is 15.2. The maximum atomic E-state index is 12.9. The van der Waals surface area contributed by atoms with Crippen molar-refractivity contribution in [2.24, 2.45) is 0 Å². The number of nitrogens with zero attached hydrogens (tertiary/aromatic N) is 2. The molecule has 27 heavy (non-hydrogen) atoms. The number of hydrogen-bond donors (Lipinski definition) is 2. The Balaban J connectivity index is 1.53. The third-order valence-electron chi connectivity index (χ3n) is 5.08. The number of fused-ring (bicyclic) bond motifs is 1. The highest BCUT2D eigenvalue weighted by Crippen LogP contribution is 2.26. The number of aliphatic carboxylic acids is 1. The van der Waals surface area contributed by atoms with E-state index in [1.54, 1.807) is 17.0 Å². The van der Waals surface area contributed by atoms with E-state index in [0.717, 1.165) is 24.8 Å². The molecule has 1 aromatic carbocycles. The van der Waals surface area contributed by atoms with E-state index in [-0.39, 0.29) is 25.5 Å². The molecular weight excluding hydrogens is 370 g/mol. The van der Waals surface area contributed by atoms with Crippen molar-refractivity contribution in [2.75, 3.05) is 32.7 Å². The Hall–Kier alpha value is -2.13. The van der Waals surface area contributed by atoms with Gasteiger partial charge in [-0.05, 0) is 48.9 Å². The Morgan fingerprint density at radius 1 is 1.07 bits per heavy atom. The number of carboxylic acids is 1. The van der Waals surface area contributed by atoms with E-state index in [2.05, 4.69) is 5.32 Å². The minimum atomic E-state index is -3.55. The molecular formula is C18H25N3O5S. The van der Waals surface area contributed by atoms with Crippen LogP contribution < -0.4 is 5.32 Å². The maximum Gasteiger partial charge on any atom is 0.317 e. The fourth-order valence-corrected chi connectivity index (χ4v) is 5.01. The lowest BCUT2D eigenvalue weighted by Gasteiger charge is -2.34. The Morgan fingerprint density at radius 2 is 1.78 bits per heavy atom. The van der Waals surface area contributed by atoms with E-state index in [1.807, 2.05) is 6.07 Å². The molecule has 0 bridgehead atoms. The van der Waals surface area contributed by atoms with Gasteiger partial charge in [0.15, 0.2) is 0 Å². The number of hydrogen-bond acceptors (Lipinski definition) is 4. The summed E-state index contributed by atoms with van der Waals surface area (Å²) in [6.45, 7) is 1.42. The lowest BCUT2D eigenvalue weighted by molar-refractivity contribution is -0.137. The number of sulfonamides is 1. The smallest absolute Gasteiger partial charge is 0.317 e. The highest BCUT2D eigenvalue weighted by atomic mass is 32.2. The van der Waals surface area contributed by atoms with Crippen molar-refractivity contribution in [1.29, 1.82) is 0 Å². The first-order valence-corrected chi connectivity index (χ1v) is 10.7. The van der Waals surface area contributed by atoms with E-state index in [4.69, 9.17) is 5.11 Å². The average molecular weight is 395 g/mol. The van der Waals surface area contributed by atoms with Crippen LogP contribution in [0.5, 0.6) is 0 Å². The van der Waals surface area contributed by atoms with Crippen molar-refractivity contribution < 1.29 is 23.1 Å². The topological polar surface area (TPSA) is 107 Å². The molecule has 0 saturated carbocycles. The predicted molar refractivity (Wildman–Crippen MR) is 99.1 cm³/mol. The van der Waals surface area contributed by atoms with Crippen LogP contribution in [0.3, 0.4) is 0 Å². The molecule has 9 heteroatoms. The Bertz CT molecular complexity index is 816. The SMILES string of the molecule is O=C(O)CCCNC(=O)N1CCN(S(=O)(=O)c2ccc3c(c2)CCC3)CC1. The molecule has 0 atom stereocenters. The van der Waals surface area contributed by atoms with Crippen molar-refractivity contribution in [1.82, 2.24) is 14.5 Å². The summed E-state index contributed by atoms with van der Waals surface area (Å²) in [4.78, 5) is 24.5. The summed E-state index contributed by atoms with van der Waals surface area (Å²) in [5, 5.41) is 11.3. The molecule has 1 heterocycles. The van der Waals surface area contributed by atoms with Crippen LogP contribution in [0.4, 0.5) is 4.79 Å². The number of carbonyl (C=O) groups is 2. The standard InChI is InChI=1S/C18H25N3O5S/c22-17(23)5-2-8-19-18(24)20-9-11-21(12-10-20)27(25,26)16-7-6-14-3-1-4-15(14)13-16/h6-7,13H,1-5,8-12H2,(H,19,24)(H,22,23). The van der Waals surface area contributed by atoms with E-state index < -0.39 is 16.0 Å². The van der Waals surface area contributed by atoms with Gasteiger partial charge < -0.3 is 15.3 Å². The predicted octanol–water partition coefficient (Wildman–Crippen LogP) is 1.06. The van der Waals surface area contributed by atoms with Crippen LogP contribution in [-0.4, -0.2) is 67.5 Å². The molecule has 2 aliphatic rings. The molecule has 0 spiro atoms. The lowest BCUT2D eigenvalue weighted by atomic mass is 10.1. The fourth-order valence-electron chi connectivity index (χ4n) is 3.54. The van der Waals surface area contributed by atoms with Gasteiger partial charge in [-0.2, -0.15) is 4.31 Å². The number of urea groups is 1. The highest BCUT2D eigenvalue weighted by Gasteiger charge is 2.30. The third kappa shape index (κ3) is 4.59. The highest BCUT2D eigenvalue weighted by molar-refractivity contribution is 7.89. The summed E-state index contributed by atoms with van der Waals surface area (Å²) in [6, 6.07) is 5.10. The van der Waals surface area contributed by atoms with Crippen LogP contribution in [0, 0.1) is 0 Å². The minimum absolute atomic E-state index is 0.00702. The van der Waals surface area contributed by atoms with Crippen LogP contribution in [0.1, 0.15) is 30.4 Å². The summed E-state index contributed by atoms with van der Waals surface area (Å²) in [5.41, 5.74) is 2.36. The monoisotopic (exact) mass is 395 g/mol. The molecule has 148 valence electrons. The number of aryl methyl sites for hydroxylation is 2. The van der Waals surface area contributed by atoms with Gasteiger partial charge in [-0.25, -0.2) is 13.2 Å². The molecule has 1 fully saturated rings. The van der Waals surface area contributed by atoms with Crippen LogP contribution in [0.25, 0.3) is 0 Å². The molecule has 1 aromatic rings. The average Bonchev–Trinajstić information content (AvgIpc) is 3.13. The number of benzene rings is 1. The fraction of sp³-hybridized carbons (Fsp3) is 0.556. The molecule has 1 aliphatic carbocycles. The van der Waals surface area contributed by atoms with Gasteiger partial charge in [-0.3, -0.25) is 4.79 Å². The van der Waals surface area contributed by atoms with Gasteiger partial charge in [0.2, 0.25) is 10.0 Å². The van der Waals surface area contributed by atoms with Crippen molar-refractivity contribution >= 4 is 22.0 Å². The summed E-state index contributed by atoms with van der Waals surface area (Å²) in [5.74, 6) is -0.894. The first-order chi connectivity index (χ1) is 12.9. The number of amides is 2. The lowest BCUT2D eigenvalue weighted by Crippen LogP contribution is -2.53. The van der Waals surface area contributed by atoms with Crippen molar-refractivity contribution in [3.05, 3.63) is 29.3 Å². The normalized spacial score (nSPS) is 17.6. The first-order valence-electron chi connectivity index (χ1n) is 9.24. The number of carboxylic acid groups (broad SMARTS) is 1. The Kier molecular flexibility index (Phi) is 6.01. The van der Waals surface area contributed by atoms with Crippen molar-refractivity contribution in [3.8, 4) is 0 Å². The van der Waals surface area contributed by atoms with Gasteiger partial charge in [-0.15, -0.1) is 0 Å². The Labute approximate surface area is 159 Å². The zero-order valence-corrected chi connectivity index (χ0v) is 16.0. The van der Waals surface area contributed by atoms with Gasteiger partial charge in [0.1, 0.15) is 0 Å². The van der Waals surface area contributed by atoms with Crippen LogP contribution in [0.2, 0.25) is 0 Å². The second-order valence-electron chi connectivity index (χ2n) is 6.90. The largest absolute Gasteiger partial charge is 0.481 e. The van der Waals surface area contributed by atoms with Gasteiger partial charge in [0, 0.05) is 39.1 Å². The zero-order chi connectivity index (χ0) is 19.4. The summed E-state index contributed by atoms with van der Waals surface area (Å²) in [7, 11) is -3.55. The number of carbonyl (C=O) groups excluding carboxylic acids is 1. The van der Waals surface area contributed by atoms with Crippen molar-refractivity contribution in [2.45, 2.75) is 37.0 Å².